The highest BCUT2D eigenvalue weighted by molar-refractivity contribution is 7.98. The molecule has 0 radical (unpaired) electrons. The zero-order chi connectivity index (χ0) is 21.2. The van der Waals surface area contributed by atoms with Crippen LogP contribution in [0.5, 0.6) is 0 Å². The van der Waals surface area contributed by atoms with Gasteiger partial charge in [0.25, 0.3) is 0 Å². The number of pyridine rings is 2. The Bertz CT molecular complexity index is 1290. The lowest BCUT2D eigenvalue weighted by atomic mass is 10.0. The van der Waals surface area contributed by atoms with Crippen LogP contribution < -0.4 is 0 Å². The molecule has 0 aliphatic rings. The third kappa shape index (κ3) is 3.84. The quantitative estimate of drug-likeness (QED) is 0.341. The Morgan fingerprint density at radius 2 is 1.84 bits per heavy atom. The first-order chi connectivity index (χ1) is 15.2. The van der Waals surface area contributed by atoms with Crippen molar-refractivity contribution in [3.63, 3.8) is 0 Å². The van der Waals surface area contributed by atoms with Crippen molar-refractivity contribution < 1.29 is 0 Å². The van der Waals surface area contributed by atoms with Crippen molar-refractivity contribution >= 4 is 17.4 Å². The maximum atomic E-state index is 4.72. The second-order valence-electron chi connectivity index (χ2n) is 7.58. The molecular formula is C24H22N6S. The topological polar surface area (TPSA) is 60.9 Å². The number of fused-ring (bicyclic) bond motifs is 1. The van der Waals surface area contributed by atoms with E-state index in [0.717, 1.165) is 33.6 Å². The number of hydrogen-bond acceptors (Lipinski definition) is 5. The molecule has 0 fully saturated rings. The summed E-state index contributed by atoms with van der Waals surface area (Å²) < 4.78 is 4.18. The molecule has 0 aliphatic carbocycles. The molecule has 5 rings (SSSR count). The lowest BCUT2D eigenvalue weighted by Gasteiger charge is -2.16. The third-order valence-electron chi connectivity index (χ3n) is 5.12. The summed E-state index contributed by atoms with van der Waals surface area (Å²) in [6.07, 6.45) is 7.67. The molecule has 0 saturated heterocycles. The highest BCUT2D eigenvalue weighted by Gasteiger charge is 2.20. The van der Waals surface area contributed by atoms with E-state index in [1.807, 2.05) is 47.1 Å². The summed E-state index contributed by atoms with van der Waals surface area (Å²) in [5, 5.41) is 9.93. The second kappa shape index (κ2) is 8.35. The van der Waals surface area contributed by atoms with Gasteiger partial charge in [0.2, 0.25) is 0 Å². The Morgan fingerprint density at radius 1 is 0.968 bits per heavy atom. The number of imidazole rings is 1. The standard InChI is InChI=1S/C24H22N6S/c1-17(2)20-9-3-4-10-21(20)30-23(18-8-7-12-25-14-18)27-28-24(30)31-16-19-15-29-13-6-5-11-22(29)26-19/h3-15,17H,16H2,1-2H3. The van der Waals surface area contributed by atoms with Crippen LogP contribution in [0.2, 0.25) is 0 Å². The van der Waals surface area contributed by atoms with Gasteiger partial charge in [-0.2, -0.15) is 0 Å². The van der Waals surface area contributed by atoms with Crippen LogP contribution in [-0.2, 0) is 5.75 Å². The summed E-state index contributed by atoms with van der Waals surface area (Å²) >= 11 is 1.64. The Hall–Kier alpha value is -3.45. The summed E-state index contributed by atoms with van der Waals surface area (Å²) in [6, 6.07) is 18.4. The minimum absolute atomic E-state index is 0.372. The first kappa shape index (κ1) is 19.5. The molecule has 154 valence electrons. The molecule has 0 atom stereocenters. The minimum atomic E-state index is 0.372. The third-order valence-corrected chi connectivity index (χ3v) is 6.08. The van der Waals surface area contributed by atoms with Crippen molar-refractivity contribution in [3.05, 3.63) is 90.6 Å². The molecule has 4 aromatic heterocycles. The number of thioether (sulfide) groups is 1. The number of para-hydroxylation sites is 1. The Kier molecular flexibility index (Phi) is 5.26. The van der Waals surface area contributed by atoms with Crippen LogP contribution in [0, 0.1) is 0 Å². The van der Waals surface area contributed by atoms with E-state index in [4.69, 9.17) is 4.98 Å². The van der Waals surface area contributed by atoms with Crippen molar-refractivity contribution in [2.45, 2.75) is 30.7 Å². The minimum Gasteiger partial charge on any atom is -0.307 e. The maximum Gasteiger partial charge on any atom is 0.196 e. The van der Waals surface area contributed by atoms with E-state index in [9.17, 15) is 0 Å². The van der Waals surface area contributed by atoms with E-state index >= 15 is 0 Å². The average molecular weight is 427 g/mol. The summed E-state index contributed by atoms with van der Waals surface area (Å²) in [7, 11) is 0. The number of benzene rings is 1. The fourth-order valence-electron chi connectivity index (χ4n) is 3.64. The molecule has 1 aromatic carbocycles. The Morgan fingerprint density at radius 3 is 2.65 bits per heavy atom. The lowest BCUT2D eigenvalue weighted by molar-refractivity contribution is 0.818. The van der Waals surface area contributed by atoms with Crippen molar-refractivity contribution in [2.75, 3.05) is 0 Å². The number of hydrogen-bond donors (Lipinski definition) is 0. The first-order valence-corrected chi connectivity index (χ1v) is 11.2. The molecule has 5 aromatic rings. The zero-order valence-electron chi connectivity index (χ0n) is 17.4. The summed E-state index contributed by atoms with van der Waals surface area (Å²) in [5.74, 6) is 1.87. The van der Waals surface area contributed by atoms with Gasteiger partial charge in [-0.05, 0) is 41.8 Å². The van der Waals surface area contributed by atoms with Gasteiger partial charge in [0.1, 0.15) is 5.65 Å². The van der Waals surface area contributed by atoms with Crippen LogP contribution in [-0.4, -0.2) is 29.1 Å². The van der Waals surface area contributed by atoms with Gasteiger partial charge >= 0.3 is 0 Å². The van der Waals surface area contributed by atoms with Gasteiger partial charge in [-0.15, -0.1) is 10.2 Å². The predicted molar refractivity (Wildman–Crippen MR) is 123 cm³/mol. The van der Waals surface area contributed by atoms with Crippen molar-refractivity contribution in [1.29, 1.82) is 0 Å². The molecule has 0 spiro atoms. The monoisotopic (exact) mass is 426 g/mol. The molecule has 0 N–H and O–H groups in total. The van der Waals surface area contributed by atoms with Gasteiger partial charge in [0, 0.05) is 36.1 Å². The smallest absolute Gasteiger partial charge is 0.196 e. The van der Waals surface area contributed by atoms with Gasteiger partial charge in [-0.1, -0.05) is 49.9 Å². The van der Waals surface area contributed by atoms with E-state index in [1.54, 1.807) is 18.0 Å². The van der Waals surface area contributed by atoms with Crippen molar-refractivity contribution in [3.8, 4) is 17.1 Å². The fraction of sp³-hybridized carbons (Fsp3) is 0.167. The molecule has 0 saturated carbocycles. The van der Waals surface area contributed by atoms with Crippen LogP contribution in [0.3, 0.4) is 0 Å². The summed E-state index contributed by atoms with van der Waals surface area (Å²) in [5.41, 5.74) is 5.24. The van der Waals surface area contributed by atoms with E-state index in [-0.39, 0.29) is 0 Å². The molecule has 0 amide bonds. The van der Waals surface area contributed by atoms with Gasteiger partial charge < -0.3 is 4.40 Å². The zero-order valence-corrected chi connectivity index (χ0v) is 18.2. The molecule has 7 heteroatoms. The van der Waals surface area contributed by atoms with Gasteiger partial charge in [-0.3, -0.25) is 9.55 Å². The molecular weight excluding hydrogens is 404 g/mol. The van der Waals surface area contributed by atoms with Crippen LogP contribution in [0.4, 0.5) is 0 Å². The second-order valence-corrected chi connectivity index (χ2v) is 8.53. The van der Waals surface area contributed by atoms with Crippen molar-refractivity contribution in [2.24, 2.45) is 0 Å². The van der Waals surface area contributed by atoms with E-state index in [0.29, 0.717) is 11.7 Å². The van der Waals surface area contributed by atoms with E-state index in [1.165, 1.54) is 5.56 Å². The van der Waals surface area contributed by atoms with Crippen LogP contribution in [0.25, 0.3) is 22.7 Å². The maximum absolute atomic E-state index is 4.72. The molecule has 6 nitrogen and oxygen atoms in total. The Labute approximate surface area is 185 Å². The largest absolute Gasteiger partial charge is 0.307 e. The number of rotatable bonds is 6. The summed E-state index contributed by atoms with van der Waals surface area (Å²) in [6.45, 7) is 4.41. The lowest BCUT2D eigenvalue weighted by Crippen LogP contribution is -2.05. The molecule has 0 bridgehead atoms. The molecule has 0 unspecified atom stereocenters. The van der Waals surface area contributed by atoms with Gasteiger partial charge in [0.05, 0.1) is 11.4 Å². The summed E-state index contributed by atoms with van der Waals surface area (Å²) in [4.78, 5) is 9.00. The average Bonchev–Trinajstić information content (AvgIpc) is 3.42. The van der Waals surface area contributed by atoms with Crippen LogP contribution in [0.15, 0.2) is 84.5 Å². The highest BCUT2D eigenvalue weighted by atomic mass is 32.2. The van der Waals surface area contributed by atoms with Crippen molar-refractivity contribution in [1.82, 2.24) is 29.1 Å². The first-order valence-electron chi connectivity index (χ1n) is 10.2. The fourth-order valence-corrected chi connectivity index (χ4v) is 4.47. The normalized spacial score (nSPS) is 11.5. The molecule has 4 heterocycles. The Balaban J connectivity index is 1.57. The SMILES string of the molecule is CC(C)c1ccccc1-n1c(SCc2cn3ccccc3n2)nnc1-c1cccnc1. The number of aromatic nitrogens is 6. The van der Waals surface area contributed by atoms with Gasteiger partial charge in [-0.25, -0.2) is 4.98 Å². The van der Waals surface area contributed by atoms with E-state index < -0.39 is 0 Å². The van der Waals surface area contributed by atoms with Gasteiger partial charge in [0.15, 0.2) is 11.0 Å². The number of nitrogens with zero attached hydrogens (tertiary/aromatic N) is 6. The van der Waals surface area contributed by atoms with E-state index in [2.05, 4.69) is 64.1 Å². The van der Waals surface area contributed by atoms with Crippen LogP contribution >= 0.6 is 11.8 Å². The molecule has 0 aliphatic heterocycles. The molecule has 31 heavy (non-hydrogen) atoms. The highest BCUT2D eigenvalue weighted by Crippen LogP contribution is 2.32. The predicted octanol–water partition coefficient (Wildman–Crippen LogP) is 5.39. The van der Waals surface area contributed by atoms with Crippen LogP contribution in [0.1, 0.15) is 31.0 Å².